The van der Waals surface area contributed by atoms with E-state index in [-0.39, 0.29) is 17.5 Å². The summed E-state index contributed by atoms with van der Waals surface area (Å²) in [4.78, 5) is 13.1. The minimum atomic E-state index is -0.539. The normalized spacial score (nSPS) is 22.5. The van der Waals surface area contributed by atoms with Crippen LogP contribution < -0.4 is 5.32 Å². The Bertz CT molecular complexity index is 934. The lowest BCUT2D eigenvalue weighted by Gasteiger charge is -2.28. The number of hydrogen-bond acceptors (Lipinski definition) is 2. The Morgan fingerprint density at radius 2 is 1.77 bits per heavy atom. The van der Waals surface area contributed by atoms with Gasteiger partial charge in [-0.2, -0.15) is 0 Å². The fraction of sp³-hybridized carbons (Fsp3) is 0.560. The molecule has 2 saturated carbocycles. The number of carbonyl (C=O) groups is 1. The van der Waals surface area contributed by atoms with E-state index in [0.717, 1.165) is 49.9 Å². The van der Waals surface area contributed by atoms with Gasteiger partial charge in [-0.15, -0.1) is 0 Å². The Kier molecular flexibility index (Phi) is 6.75. The molecule has 2 aliphatic rings. The Hall–Kier alpha value is -2.21. The quantitative estimate of drug-likeness (QED) is 0.671. The SMILES string of the molecule is Cc1c(C(=O)N[C@H]2CCCC[C@@H]2O)cc(-c2cc(F)ccc2F)n1CC1CCCCC1. The molecule has 1 heterocycles. The first-order valence-electron chi connectivity index (χ1n) is 11.6. The van der Waals surface area contributed by atoms with Crippen molar-refractivity contribution in [3.05, 3.63) is 47.2 Å². The Morgan fingerprint density at radius 3 is 2.52 bits per heavy atom. The van der Waals surface area contributed by atoms with Crippen LogP contribution in [0.4, 0.5) is 8.78 Å². The molecule has 168 valence electrons. The average Bonchev–Trinajstić information content (AvgIpc) is 3.08. The third-order valence-electron chi connectivity index (χ3n) is 7.03. The minimum absolute atomic E-state index is 0.177. The standard InChI is InChI=1S/C25H32F2N2O2/c1-16-19(25(31)28-22-9-5-6-10-24(22)30)14-23(20-13-18(26)11-12-21(20)27)29(16)15-17-7-3-2-4-8-17/h11-14,17,22,24,30H,2-10,15H2,1H3,(H,28,31)/t22-,24-/m0/s1. The van der Waals surface area contributed by atoms with Gasteiger partial charge in [0.1, 0.15) is 11.6 Å². The first-order valence-corrected chi connectivity index (χ1v) is 11.6. The van der Waals surface area contributed by atoms with Crippen molar-refractivity contribution in [3.8, 4) is 11.3 Å². The molecule has 1 aromatic carbocycles. The third kappa shape index (κ3) is 4.84. The lowest BCUT2D eigenvalue weighted by molar-refractivity contribution is 0.0716. The summed E-state index contributed by atoms with van der Waals surface area (Å²) in [6.45, 7) is 2.56. The number of aliphatic hydroxyl groups is 1. The van der Waals surface area contributed by atoms with E-state index in [9.17, 15) is 18.7 Å². The summed E-state index contributed by atoms with van der Waals surface area (Å²) in [6, 6.07) is 4.86. The van der Waals surface area contributed by atoms with Gasteiger partial charge in [-0.3, -0.25) is 4.79 Å². The molecule has 4 rings (SSSR count). The molecule has 1 amide bonds. The van der Waals surface area contributed by atoms with Gasteiger partial charge in [0.05, 0.1) is 23.4 Å². The summed E-state index contributed by atoms with van der Waals surface area (Å²) in [7, 11) is 0. The number of aromatic nitrogens is 1. The van der Waals surface area contributed by atoms with Crippen LogP contribution in [0.1, 0.15) is 73.8 Å². The topological polar surface area (TPSA) is 54.3 Å². The number of halogens is 2. The number of carbonyl (C=O) groups excluding carboxylic acids is 1. The van der Waals surface area contributed by atoms with E-state index in [0.29, 0.717) is 30.1 Å². The number of amides is 1. The number of rotatable bonds is 5. The molecule has 2 aliphatic carbocycles. The van der Waals surface area contributed by atoms with Crippen molar-refractivity contribution in [3.63, 3.8) is 0 Å². The van der Waals surface area contributed by atoms with Crippen LogP contribution in [0.5, 0.6) is 0 Å². The average molecular weight is 431 g/mol. The van der Waals surface area contributed by atoms with Crippen LogP contribution in [0.15, 0.2) is 24.3 Å². The van der Waals surface area contributed by atoms with Crippen molar-refractivity contribution >= 4 is 5.91 Å². The predicted molar refractivity (Wildman–Crippen MR) is 117 cm³/mol. The zero-order valence-corrected chi connectivity index (χ0v) is 18.2. The molecule has 4 nitrogen and oxygen atoms in total. The van der Waals surface area contributed by atoms with Crippen molar-refractivity contribution in [2.75, 3.05) is 0 Å². The van der Waals surface area contributed by atoms with Crippen LogP contribution in [0.25, 0.3) is 11.3 Å². The number of benzene rings is 1. The zero-order chi connectivity index (χ0) is 22.0. The van der Waals surface area contributed by atoms with E-state index in [1.165, 1.54) is 25.3 Å². The molecule has 31 heavy (non-hydrogen) atoms. The van der Waals surface area contributed by atoms with Crippen LogP contribution in [0, 0.1) is 24.5 Å². The second kappa shape index (κ2) is 9.51. The summed E-state index contributed by atoms with van der Waals surface area (Å²) < 4.78 is 30.6. The molecule has 6 heteroatoms. The van der Waals surface area contributed by atoms with E-state index < -0.39 is 17.7 Å². The van der Waals surface area contributed by atoms with Crippen molar-refractivity contribution in [2.24, 2.45) is 5.92 Å². The second-order valence-corrected chi connectivity index (χ2v) is 9.20. The smallest absolute Gasteiger partial charge is 0.253 e. The Morgan fingerprint density at radius 1 is 1.06 bits per heavy atom. The summed E-state index contributed by atoms with van der Waals surface area (Å²) in [5.41, 5.74) is 1.93. The number of nitrogens with one attached hydrogen (secondary N) is 1. The van der Waals surface area contributed by atoms with Crippen LogP contribution in [0.2, 0.25) is 0 Å². The fourth-order valence-electron chi connectivity index (χ4n) is 5.18. The van der Waals surface area contributed by atoms with Gasteiger partial charge in [-0.25, -0.2) is 8.78 Å². The first-order chi connectivity index (χ1) is 14.9. The molecule has 0 aliphatic heterocycles. The van der Waals surface area contributed by atoms with Crippen LogP contribution in [-0.2, 0) is 6.54 Å². The molecule has 2 atom stereocenters. The molecule has 2 fully saturated rings. The second-order valence-electron chi connectivity index (χ2n) is 9.20. The van der Waals surface area contributed by atoms with Gasteiger partial charge in [0.15, 0.2) is 0 Å². The van der Waals surface area contributed by atoms with Crippen molar-refractivity contribution in [2.45, 2.75) is 83.4 Å². The highest BCUT2D eigenvalue weighted by Crippen LogP contribution is 2.33. The van der Waals surface area contributed by atoms with Crippen molar-refractivity contribution < 1.29 is 18.7 Å². The summed E-state index contributed by atoms with van der Waals surface area (Å²) in [5, 5.41) is 13.2. The minimum Gasteiger partial charge on any atom is -0.391 e. The highest BCUT2D eigenvalue weighted by Gasteiger charge is 2.28. The largest absolute Gasteiger partial charge is 0.391 e. The maximum atomic E-state index is 14.7. The molecule has 0 spiro atoms. The molecular formula is C25H32F2N2O2. The summed E-state index contributed by atoms with van der Waals surface area (Å²) in [5.74, 6) is -0.801. The molecule has 2 aromatic rings. The van der Waals surface area contributed by atoms with E-state index in [1.807, 2.05) is 11.5 Å². The van der Waals surface area contributed by atoms with E-state index >= 15 is 0 Å². The van der Waals surface area contributed by atoms with Crippen LogP contribution in [-0.4, -0.2) is 27.7 Å². The van der Waals surface area contributed by atoms with Crippen LogP contribution >= 0.6 is 0 Å². The van der Waals surface area contributed by atoms with E-state index in [2.05, 4.69) is 5.32 Å². The number of hydrogen-bond donors (Lipinski definition) is 2. The predicted octanol–water partition coefficient (Wildman–Crippen LogP) is 5.36. The molecular weight excluding hydrogens is 398 g/mol. The lowest BCUT2D eigenvalue weighted by Crippen LogP contribution is -2.45. The number of aliphatic hydroxyl groups excluding tert-OH is 1. The molecule has 0 unspecified atom stereocenters. The Labute approximate surface area is 182 Å². The summed E-state index contributed by atoms with van der Waals surface area (Å²) in [6.07, 6.45) is 8.66. The van der Waals surface area contributed by atoms with Crippen molar-refractivity contribution in [1.82, 2.24) is 9.88 Å². The monoisotopic (exact) mass is 430 g/mol. The first kappa shape index (κ1) is 22.0. The van der Waals surface area contributed by atoms with Gasteiger partial charge in [-0.05, 0) is 62.8 Å². The molecule has 1 aromatic heterocycles. The van der Waals surface area contributed by atoms with Crippen molar-refractivity contribution in [1.29, 1.82) is 0 Å². The highest BCUT2D eigenvalue weighted by atomic mass is 19.1. The van der Waals surface area contributed by atoms with Gasteiger partial charge in [0.2, 0.25) is 0 Å². The number of nitrogens with zero attached hydrogens (tertiary/aromatic N) is 1. The van der Waals surface area contributed by atoms with Gasteiger partial charge < -0.3 is 15.0 Å². The molecule has 2 N–H and O–H groups in total. The van der Waals surface area contributed by atoms with Crippen LogP contribution in [0.3, 0.4) is 0 Å². The fourth-order valence-corrected chi connectivity index (χ4v) is 5.18. The third-order valence-corrected chi connectivity index (χ3v) is 7.03. The molecule has 0 saturated heterocycles. The van der Waals surface area contributed by atoms with Gasteiger partial charge >= 0.3 is 0 Å². The van der Waals surface area contributed by atoms with Gasteiger partial charge in [0, 0.05) is 17.8 Å². The van der Waals surface area contributed by atoms with E-state index in [1.54, 1.807) is 6.07 Å². The molecule has 0 radical (unpaired) electrons. The maximum absolute atomic E-state index is 14.7. The van der Waals surface area contributed by atoms with Gasteiger partial charge in [-0.1, -0.05) is 32.1 Å². The zero-order valence-electron chi connectivity index (χ0n) is 18.2. The highest BCUT2D eigenvalue weighted by molar-refractivity contribution is 5.97. The molecule has 0 bridgehead atoms. The van der Waals surface area contributed by atoms with E-state index in [4.69, 9.17) is 0 Å². The lowest BCUT2D eigenvalue weighted by atomic mass is 9.89. The Balaban J connectivity index is 1.68. The maximum Gasteiger partial charge on any atom is 0.253 e. The summed E-state index contributed by atoms with van der Waals surface area (Å²) >= 11 is 0. The van der Waals surface area contributed by atoms with Gasteiger partial charge in [0.25, 0.3) is 5.91 Å².